The van der Waals surface area contributed by atoms with E-state index in [-0.39, 0.29) is 11.8 Å². The van der Waals surface area contributed by atoms with Gasteiger partial charge in [-0.25, -0.2) is 4.68 Å². The summed E-state index contributed by atoms with van der Waals surface area (Å²) in [5.74, 6) is -0.780. The van der Waals surface area contributed by atoms with Crippen molar-refractivity contribution in [2.45, 2.75) is 32.4 Å². The lowest BCUT2D eigenvalue weighted by Crippen LogP contribution is -2.48. The second kappa shape index (κ2) is 9.71. The summed E-state index contributed by atoms with van der Waals surface area (Å²) in [5, 5.41) is 18.4. The van der Waals surface area contributed by atoms with E-state index in [4.69, 9.17) is 4.42 Å². The van der Waals surface area contributed by atoms with Crippen LogP contribution in [0.3, 0.4) is 0 Å². The van der Waals surface area contributed by atoms with E-state index in [1.54, 1.807) is 16.8 Å². The Bertz CT molecular complexity index is 1310. The third kappa shape index (κ3) is 5.40. The van der Waals surface area contributed by atoms with Gasteiger partial charge in [-0.1, -0.05) is 29.5 Å². The number of alkyl halides is 2. The molecule has 9 nitrogen and oxygen atoms in total. The number of likely N-dealkylation sites (N-methyl/N-ethyl adjacent to an activating group) is 1. The fraction of sp³-hybridized carbons (Fsp3) is 0.292. The molecular formula is C24H25F2N7O2. The number of halogens is 2. The van der Waals surface area contributed by atoms with Crippen molar-refractivity contribution < 1.29 is 18.0 Å². The predicted octanol–water partition coefficient (Wildman–Crippen LogP) is 4.26. The SMILES string of the molecule is CN(C)C(C)(C)C(=O)Nc1cccc(-c2cn(Cc3ccc(-c4nnc(C(F)F)o4)cc3)nn2)c1. The Morgan fingerprint density at radius 2 is 1.83 bits per heavy atom. The van der Waals surface area contributed by atoms with E-state index >= 15 is 0 Å². The van der Waals surface area contributed by atoms with Gasteiger partial charge in [0.1, 0.15) is 5.69 Å². The molecule has 2 aromatic heterocycles. The van der Waals surface area contributed by atoms with E-state index < -0.39 is 17.9 Å². The monoisotopic (exact) mass is 481 g/mol. The molecule has 4 aromatic rings. The van der Waals surface area contributed by atoms with E-state index in [1.807, 2.05) is 75.4 Å². The zero-order chi connectivity index (χ0) is 25.2. The Balaban J connectivity index is 1.44. The highest BCUT2D eigenvalue weighted by molar-refractivity contribution is 5.97. The van der Waals surface area contributed by atoms with Crippen LogP contribution in [-0.4, -0.2) is 55.6 Å². The van der Waals surface area contributed by atoms with Crippen LogP contribution >= 0.6 is 0 Å². The van der Waals surface area contributed by atoms with Gasteiger partial charge in [-0.2, -0.15) is 8.78 Å². The summed E-state index contributed by atoms with van der Waals surface area (Å²) < 4.78 is 32.0. The van der Waals surface area contributed by atoms with Crippen molar-refractivity contribution in [1.82, 2.24) is 30.1 Å². The van der Waals surface area contributed by atoms with Gasteiger partial charge < -0.3 is 9.73 Å². The van der Waals surface area contributed by atoms with E-state index in [9.17, 15) is 13.6 Å². The third-order valence-corrected chi connectivity index (χ3v) is 5.80. The Morgan fingerprint density at radius 3 is 2.49 bits per heavy atom. The number of amides is 1. The number of carbonyl (C=O) groups is 1. The summed E-state index contributed by atoms with van der Waals surface area (Å²) in [6, 6.07) is 14.5. The number of benzene rings is 2. The summed E-state index contributed by atoms with van der Waals surface area (Å²) in [6.45, 7) is 4.16. The number of rotatable bonds is 8. The van der Waals surface area contributed by atoms with Crippen molar-refractivity contribution >= 4 is 11.6 Å². The molecule has 182 valence electrons. The van der Waals surface area contributed by atoms with Gasteiger partial charge >= 0.3 is 6.43 Å². The molecule has 0 fully saturated rings. The summed E-state index contributed by atoms with van der Waals surface area (Å²) in [6.07, 6.45) is -0.996. The maximum absolute atomic E-state index is 12.6. The molecule has 0 saturated heterocycles. The second-order valence-corrected chi connectivity index (χ2v) is 8.73. The topological polar surface area (TPSA) is 102 Å². The molecule has 11 heteroatoms. The summed E-state index contributed by atoms with van der Waals surface area (Å²) in [7, 11) is 3.71. The van der Waals surface area contributed by atoms with Crippen LogP contribution < -0.4 is 5.32 Å². The molecule has 0 aliphatic carbocycles. The molecule has 1 amide bonds. The molecule has 0 aliphatic heterocycles. The first-order valence-electron chi connectivity index (χ1n) is 10.8. The lowest BCUT2D eigenvalue weighted by Gasteiger charge is -2.30. The molecule has 2 heterocycles. The first-order valence-corrected chi connectivity index (χ1v) is 10.8. The van der Waals surface area contributed by atoms with Gasteiger partial charge in [-0.3, -0.25) is 9.69 Å². The van der Waals surface area contributed by atoms with Crippen molar-refractivity contribution in [2.24, 2.45) is 0 Å². The van der Waals surface area contributed by atoms with Crippen molar-refractivity contribution in [3.05, 3.63) is 66.2 Å². The predicted molar refractivity (Wildman–Crippen MR) is 126 cm³/mol. The van der Waals surface area contributed by atoms with E-state index in [1.165, 1.54) is 0 Å². The number of nitrogens with one attached hydrogen (secondary N) is 1. The fourth-order valence-corrected chi connectivity index (χ4v) is 3.13. The average Bonchev–Trinajstić information content (AvgIpc) is 3.50. The lowest BCUT2D eigenvalue weighted by atomic mass is 10.0. The smallest absolute Gasteiger partial charge is 0.314 e. The summed E-state index contributed by atoms with van der Waals surface area (Å²) >= 11 is 0. The van der Waals surface area contributed by atoms with Gasteiger partial charge in [0.05, 0.1) is 18.3 Å². The molecule has 0 bridgehead atoms. The standard InChI is InChI=1S/C24H25F2N7O2/c1-24(2,32(3)4)23(34)27-18-7-5-6-17(12-18)19-14-33(31-28-19)13-15-8-10-16(11-9-15)21-29-30-22(35-21)20(25)26/h5-12,14,20H,13H2,1-4H3,(H,27,34). The highest BCUT2D eigenvalue weighted by atomic mass is 19.3. The summed E-state index contributed by atoms with van der Waals surface area (Å²) in [5.41, 5.74) is 2.95. The van der Waals surface area contributed by atoms with Gasteiger partial charge in [0, 0.05) is 16.8 Å². The third-order valence-electron chi connectivity index (χ3n) is 5.80. The molecular weight excluding hydrogens is 456 g/mol. The van der Waals surface area contributed by atoms with Crippen LogP contribution in [-0.2, 0) is 11.3 Å². The maximum atomic E-state index is 12.6. The maximum Gasteiger partial charge on any atom is 0.314 e. The number of aromatic nitrogens is 5. The first kappa shape index (κ1) is 24.1. The van der Waals surface area contributed by atoms with E-state index in [2.05, 4.69) is 25.8 Å². The van der Waals surface area contributed by atoms with Gasteiger partial charge in [-0.15, -0.1) is 15.3 Å². The average molecular weight is 482 g/mol. The number of hydrogen-bond acceptors (Lipinski definition) is 7. The number of nitrogens with zero attached hydrogens (tertiary/aromatic N) is 6. The van der Waals surface area contributed by atoms with Crippen LogP contribution in [0.25, 0.3) is 22.7 Å². The molecule has 0 radical (unpaired) electrons. The van der Waals surface area contributed by atoms with Crippen LogP contribution in [0.2, 0.25) is 0 Å². The second-order valence-electron chi connectivity index (χ2n) is 8.73. The molecule has 1 N–H and O–H groups in total. The van der Waals surface area contributed by atoms with Crippen LogP contribution in [0.1, 0.15) is 31.7 Å². The number of carbonyl (C=O) groups excluding carboxylic acids is 1. The van der Waals surface area contributed by atoms with Gasteiger partial charge in [-0.05, 0) is 57.8 Å². The zero-order valence-electron chi connectivity index (χ0n) is 19.7. The number of hydrogen-bond donors (Lipinski definition) is 1. The molecule has 4 rings (SSSR count). The van der Waals surface area contributed by atoms with Gasteiger partial charge in [0.15, 0.2) is 0 Å². The molecule has 2 aromatic carbocycles. The zero-order valence-corrected chi connectivity index (χ0v) is 19.7. The lowest BCUT2D eigenvalue weighted by molar-refractivity contribution is -0.124. The normalized spacial score (nSPS) is 11.9. The molecule has 0 aliphatic rings. The van der Waals surface area contributed by atoms with Crippen LogP contribution in [0, 0.1) is 0 Å². The Hall–Kier alpha value is -3.99. The highest BCUT2D eigenvalue weighted by Crippen LogP contribution is 2.25. The Kier molecular flexibility index (Phi) is 6.70. The molecule has 0 atom stereocenters. The van der Waals surface area contributed by atoms with Crippen LogP contribution in [0.4, 0.5) is 14.5 Å². The Morgan fingerprint density at radius 1 is 1.09 bits per heavy atom. The fourth-order valence-electron chi connectivity index (χ4n) is 3.13. The van der Waals surface area contributed by atoms with E-state index in [0.29, 0.717) is 23.5 Å². The first-order chi connectivity index (χ1) is 16.6. The van der Waals surface area contributed by atoms with Crippen LogP contribution in [0.5, 0.6) is 0 Å². The minimum atomic E-state index is -2.81. The van der Waals surface area contributed by atoms with Crippen molar-refractivity contribution in [3.8, 4) is 22.7 Å². The minimum Gasteiger partial charge on any atom is -0.415 e. The van der Waals surface area contributed by atoms with Crippen LogP contribution in [0.15, 0.2) is 59.1 Å². The number of anilines is 1. The van der Waals surface area contributed by atoms with Gasteiger partial charge in [0.2, 0.25) is 11.8 Å². The molecule has 35 heavy (non-hydrogen) atoms. The van der Waals surface area contributed by atoms with Crippen molar-refractivity contribution in [2.75, 3.05) is 19.4 Å². The highest BCUT2D eigenvalue weighted by Gasteiger charge is 2.30. The Labute approximate surface area is 200 Å². The van der Waals surface area contributed by atoms with Gasteiger partial charge in [0.25, 0.3) is 5.89 Å². The molecule has 0 spiro atoms. The molecule has 0 unspecified atom stereocenters. The molecule has 0 saturated carbocycles. The summed E-state index contributed by atoms with van der Waals surface area (Å²) in [4.78, 5) is 14.5. The quantitative estimate of drug-likeness (QED) is 0.401. The van der Waals surface area contributed by atoms with Crippen molar-refractivity contribution in [1.29, 1.82) is 0 Å². The van der Waals surface area contributed by atoms with Crippen molar-refractivity contribution in [3.63, 3.8) is 0 Å². The largest absolute Gasteiger partial charge is 0.415 e. The minimum absolute atomic E-state index is 0.0378. The van der Waals surface area contributed by atoms with E-state index in [0.717, 1.165) is 11.1 Å².